The summed E-state index contributed by atoms with van der Waals surface area (Å²) in [5.41, 5.74) is 0.676. The number of benzene rings is 1. The lowest BCUT2D eigenvalue weighted by Crippen LogP contribution is -2.33. The van der Waals surface area contributed by atoms with Gasteiger partial charge in [0.25, 0.3) is 0 Å². The van der Waals surface area contributed by atoms with Gasteiger partial charge in [-0.2, -0.15) is 0 Å². The van der Waals surface area contributed by atoms with E-state index in [-0.39, 0.29) is 11.9 Å². The molecule has 0 saturated carbocycles. The van der Waals surface area contributed by atoms with Gasteiger partial charge < -0.3 is 10.1 Å². The van der Waals surface area contributed by atoms with Crippen LogP contribution in [0, 0.1) is 17.7 Å². The normalized spacial score (nSPS) is 23.2. The molecule has 4 heteroatoms. The molecule has 0 radical (unpaired) electrons. The molecule has 0 bridgehead atoms. The first-order valence-corrected chi connectivity index (χ1v) is 8.14. The Balaban J connectivity index is 2.07. The van der Waals surface area contributed by atoms with Crippen LogP contribution in [0.25, 0.3) is 0 Å². The summed E-state index contributed by atoms with van der Waals surface area (Å²) in [6.45, 7) is 6.97. The molecule has 112 valence electrons. The highest BCUT2D eigenvalue weighted by molar-refractivity contribution is 9.10. The topological polar surface area (TPSA) is 21.3 Å². The van der Waals surface area contributed by atoms with E-state index in [1.807, 2.05) is 6.07 Å². The van der Waals surface area contributed by atoms with Crippen molar-refractivity contribution in [1.82, 2.24) is 5.32 Å². The van der Waals surface area contributed by atoms with Crippen LogP contribution in [-0.2, 0) is 4.74 Å². The number of nitrogens with one attached hydrogen (secondary N) is 1. The van der Waals surface area contributed by atoms with Crippen molar-refractivity contribution >= 4 is 15.9 Å². The number of hydrogen-bond donors (Lipinski definition) is 1. The molecule has 0 aromatic heterocycles. The third-order valence-electron chi connectivity index (χ3n) is 3.67. The molecule has 2 unspecified atom stereocenters. The molecule has 1 saturated heterocycles. The van der Waals surface area contributed by atoms with Gasteiger partial charge in [0.2, 0.25) is 0 Å². The van der Waals surface area contributed by atoms with E-state index >= 15 is 0 Å². The van der Waals surface area contributed by atoms with Gasteiger partial charge in [-0.15, -0.1) is 0 Å². The molecule has 2 atom stereocenters. The summed E-state index contributed by atoms with van der Waals surface area (Å²) in [5.74, 6) is 0.792. The highest BCUT2D eigenvalue weighted by atomic mass is 79.9. The molecule has 1 aromatic carbocycles. The summed E-state index contributed by atoms with van der Waals surface area (Å²) in [4.78, 5) is 0. The second-order valence-electron chi connectivity index (χ2n) is 5.91. The van der Waals surface area contributed by atoms with Crippen LogP contribution >= 0.6 is 15.9 Å². The molecule has 1 heterocycles. The fourth-order valence-electron chi connectivity index (χ4n) is 2.69. The first-order valence-electron chi connectivity index (χ1n) is 7.35. The lowest BCUT2D eigenvalue weighted by atomic mass is 9.89. The zero-order chi connectivity index (χ0) is 14.5. The van der Waals surface area contributed by atoms with Gasteiger partial charge in [-0.25, -0.2) is 4.39 Å². The Morgan fingerprint density at radius 2 is 2.25 bits per heavy atom. The Morgan fingerprint density at radius 3 is 3.00 bits per heavy atom. The lowest BCUT2D eigenvalue weighted by Gasteiger charge is -2.32. The molecule has 0 aliphatic carbocycles. The first kappa shape index (κ1) is 15.9. The molecule has 1 fully saturated rings. The van der Waals surface area contributed by atoms with Gasteiger partial charge in [-0.3, -0.25) is 0 Å². The second kappa shape index (κ2) is 7.53. The fraction of sp³-hybridized carbons (Fsp3) is 0.625. The number of halogens is 2. The average Bonchev–Trinajstić information content (AvgIpc) is 2.42. The van der Waals surface area contributed by atoms with Gasteiger partial charge in [-0.1, -0.05) is 29.8 Å². The Labute approximate surface area is 129 Å². The Morgan fingerprint density at radius 1 is 1.45 bits per heavy atom. The molecule has 1 aliphatic heterocycles. The van der Waals surface area contributed by atoms with E-state index in [1.54, 1.807) is 6.07 Å². The summed E-state index contributed by atoms with van der Waals surface area (Å²) in [6, 6.07) is 5.09. The second-order valence-corrected chi connectivity index (χ2v) is 6.83. The van der Waals surface area contributed by atoms with Gasteiger partial charge in [0.15, 0.2) is 0 Å². The minimum Gasteiger partial charge on any atom is -0.373 e. The molecule has 0 spiro atoms. The maximum absolute atomic E-state index is 14.1. The SMILES string of the molecule is CC(C)CNCC1CCCOC1c1cc(Br)ccc1F. The molecule has 2 nitrogen and oxygen atoms in total. The monoisotopic (exact) mass is 343 g/mol. The molecule has 1 aliphatic rings. The maximum Gasteiger partial charge on any atom is 0.129 e. The zero-order valence-corrected chi connectivity index (χ0v) is 13.7. The molecular weight excluding hydrogens is 321 g/mol. The van der Waals surface area contributed by atoms with Crippen LogP contribution in [0.3, 0.4) is 0 Å². The molecule has 1 aromatic rings. The van der Waals surface area contributed by atoms with Crippen molar-refractivity contribution in [2.24, 2.45) is 11.8 Å². The van der Waals surface area contributed by atoms with Crippen molar-refractivity contribution in [3.8, 4) is 0 Å². The summed E-state index contributed by atoms with van der Waals surface area (Å²) >= 11 is 3.42. The van der Waals surface area contributed by atoms with Crippen molar-refractivity contribution in [3.63, 3.8) is 0 Å². The van der Waals surface area contributed by atoms with Gasteiger partial charge in [-0.05, 0) is 43.5 Å². The third-order valence-corrected chi connectivity index (χ3v) is 4.16. The quantitative estimate of drug-likeness (QED) is 0.860. The standard InChI is InChI=1S/C16H23BrFNO/c1-11(2)9-19-10-12-4-3-7-20-16(12)14-8-13(17)5-6-15(14)18/h5-6,8,11-12,16,19H,3-4,7,9-10H2,1-2H3. The highest BCUT2D eigenvalue weighted by Gasteiger charge is 2.29. The largest absolute Gasteiger partial charge is 0.373 e. The van der Waals surface area contributed by atoms with E-state index in [2.05, 4.69) is 35.1 Å². The van der Waals surface area contributed by atoms with Crippen LogP contribution in [-0.4, -0.2) is 19.7 Å². The van der Waals surface area contributed by atoms with Crippen molar-refractivity contribution in [3.05, 3.63) is 34.1 Å². The van der Waals surface area contributed by atoms with Crippen LogP contribution < -0.4 is 5.32 Å². The summed E-state index contributed by atoms with van der Waals surface area (Å²) < 4.78 is 20.8. The average molecular weight is 344 g/mol. The summed E-state index contributed by atoms with van der Waals surface area (Å²) in [7, 11) is 0. The molecule has 2 rings (SSSR count). The zero-order valence-electron chi connectivity index (χ0n) is 12.2. The van der Waals surface area contributed by atoms with E-state index in [4.69, 9.17) is 4.74 Å². The van der Waals surface area contributed by atoms with E-state index in [0.717, 1.165) is 37.0 Å². The number of hydrogen-bond acceptors (Lipinski definition) is 2. The van der Waals surface area contributed by atoms with E-state index in [1.165, 1.54) is 6.07 Å². The Bertz CT molecular complexity index is 438. The van der Waals surface area contributed by atoms with Crippen molar-refractivity contribution in [1.29, 1.82) is 0 Å². The van der Waals surface area contributed by atoms with Crippen molar-refractivity contribution in [2.45, 2.75) is 32.8 Å². The Hall–Kier alpha value is -0.450. The van der Waals surface area contributed by atoms with Gasteiger partial charge in [0.1, 0.15) is 5.82 Å². The van der Waals surface area contributed by atoms with E-state index < -0.39 is 0 Å². The molecule has 0 amide bonds. The van der Waals surface area contributed by atoms with Gasteiger partial charge >= 0.3 is 0 Å². The number of rotatable bonds is 5. The predicted molar refractivity (Wildman–Crippen MR) is 83.2 cm³/mol. The van der Waals surface area contributed by atoms with E-state index in [0.29, 0.717) is 17.4 Å². The lowest BCUT2D eigenvalue weighted by molar-refractivity contribution is -0.0298. The van der Waals surface area contributed by atoms with Crippen LogP contribution in [0.2, 0.25) is 0 Å². The van der Waals surface area contributed by atoms with Crippen LogP contribution in [0.5, 0.6) is 0 Å². The first-order chi connectivity index (χ1) is 9.58. The van der Waals surface area contributed by atoms with Crippen molar-refractivity contribution < 1.29 is 9.13 Å². The van der Waals surface area contributed by atoms with Crippen LogP contribution in [0.1, 0.15) is 38.4 Å². The van der Waals surface area contributed by atoms with Crippen molar-refractivity contribution in [2.75, 3.05) is 19.7 Å². The summed E-state index contributed by atoms with van der Waals surface area (Å²) in [5, 5.41) is 3.47. The van der Waals surface area contributed by atoms with E-state index in [9.17, 15) is 4.39 Å². The number of ether oxygens (including phenoxy) is 1. The maximum atomic E-state index is 14.1. The smallest absolute Gasteiger partial charge is 0.129 e. The van der Waals surface area contributed by atoms with Gasteiger partial charge in [0, 0.05) is 29.1 Å². The molecule has 20 heavy (non-hydrogen) atoms. The molecule has 1 N–H and O–H groups in total. The fourth-order valence-corrected chi connectivity index (χ4v) is 3.06. The Kier molecular flexibility index (Phi) is 6.00. The van der Waals surface area contributed by atoms with Crippen LogP contribution in [0.4, 0.5) is 4.39 Å². The van der Waals surface area contributed by atoms with Crippen LogP contribution in [0.15, 0.2) is 22.7 Å². The minimum absolute atomic E-state index is 0.138. The highest BCUT2D eigenvalue weighted by Crippen LogP contribution is 2.35. The predicted octanol–water partition coefficient (Wildman–Crippen LogP) is 4.30. The minimum atomic E-state index is -0.172. The van der Waals surface area contributed by atoms with Gasteiger partial charge in [0.05, 0.1) is 6.10 Å². The molecular formula is C16H23BrFNO. The third kappa shape index (κ3) is 4.27. The summed E-state index contributed by atoms with van der Waals surface area (Å²) in [6.07, 6.45) is 2.00.